The number of hydrogen-bond acceptors (Lipinski definition) is 1. The molecule has 1 heterocycles. The zero-order valence-corrected chi connectivity index (χ0v) is 12.3. The third-order valence-electron chi connectivity index (χ3n) is 3.55. The van der Waals surface area contributed by atoms with Gasteiger partial charge >= 0.3 is 0 Å². The second-order valence-electron chi connectivity index (χ2n) is 4.89. The van der Waals surface area contributed by atoms with Gasteiger partial charge in [0, 0.05) is 23.1 Å². The molecule has 0 radical (unpaired) electrons. The lowest BCUT2D eigenvalue weighted by Crippen LogP contribution is -2.25. The number of carbonyl (C=O) groups excluding carboxylic acids is 1. The van der Waals surface area contributed by atoms with Gasteiger partial charge in [-0.05, 0) is 35.7 Å². The van der Waals surface area contributed by atoms with Gasteiger partial charge in [0.25, 0.3) is 5.91 Å². The number of nitrogens with zero attached hydrogens (tertiary/aromatic N) is 1. The number of aryl methyl sites for hydroxylation is 1. The van der Waals surface area contributed by atoms with E-state index in [0.717, 1.165) is 15.6 Å². The predicted molar refractivity (Wildman–Crippen MR) is 78.9 cm³/mol. The van der Waals surface area contributed by atoms with Crippen LogP contribution >= 0.6 is 15.9 Å². The summed E-state index contributed by atoms with van der Waals surface area (Å²) in [7, 11) is 0. The summed E-state index contributed by atoms with van der Waals surface area (Å²) in [5.74, 6) is 0.0944. The summed E-state index contributed by atoms with van der Waals surface area (Å²) in [4.78, 5) is 14.4. The first kappa shape index (κ1) is 12.4. The molecule has 0 saturated heterocycles. The van der Waals surface area contributed by atoms with Gasteiger partial charge in [0.2, 0.25) is 0 Å². The minimum atomic E-state index is 0.0944. The molecule has 0 unspecified atom stereocenters. The fourth-order valence-corrected chi connectivity index (χ4v) is 2.76. The summed E-state index contributed by atoms with van der Waals surface area (Å²) in [5, 5.41) is 0. The molecule has 19 heavy (non-hydrogen) atoms. The summed E-state index contributed by atoms with van der Waals surface area (Å²) in [6.45, 7) is 3.44. The Morgan fingerprint density at radius 1 is 1.11 bits per heavy atom. The van der Waals surface area contributed by atoms with Crippen molar-refractivity contribution in [3.63, 3.8) is 0 Å². The van der Waals surface area contributed by atoms with Gasteiger partial charge in [0.05, 0.1) is 0 Å². The van der Waals surface area contributed by atoms with E-state index in [1.165, 1.54) is 11.1 Å². The van der Waals surface area contributed by atoms with Crippen LogP contribution < -0.4 is 0 Å². The smallest absolute Gasteiger partial charge is 0.254 e. The molecule has 1 amide bonds. The van der Waals surface area contributed by atoms with Crippen LogP contribution in [0, 0.1) is 6.92 Å². The molecule has 96 valence electrons. The highest BCUT2D eigenvalue weighted by Crippen LogP contribution is 2.25. The Morgan fingerprint density at radius 2 is 1.74 bits per heavy atom. The van der Waals surface area contributed by atoms with E-state index in [1.54, 1.807) is 0 Å². The number of benzene rings is 2. The van der Waals surface area contributed by atoms with E-state index in [1.807, 2.05) is 42.2 Å². The number of halogens is 1. The van der Waals surface area contributed by atoms with Crippen LogP contribution in [0.4, 0.5) is 0 Å². The largest absolute Gasteiger partial charge is 0.330 e. The summed E-state index contributed by atoms with van der Waals surface area (Å²) in [6, 6.07) is 14.0. The first-order valence-electron chi connectivity index (χ1n) is 6.27. The fraction of sp³-hybridized carbons (Fsp3) is 0.188. The molecule has 0 fully saturated rings. The van der Waals surface area contributed by atoms with Gasteiger partial charge in [0.1, 0.15) is 0 Å². The van der Waals surface area contributed by atoms with E-state index in [2.05, 4.69) is 28.1 Å². The van der Waals surface area contributed by atoms with Crippen LogP contribution in [0.25, 0.3) is 0 Å². The van der Waals surface area contributed by atoms with E-state index in [4.69, 9.17) is 0 Å². The second-order valence-corrected chi connectivity index (χ2v) is 5.75. The topological polar surface area (TPSA) is 20.3 Å². The maximum atomic E-state index is 12.5. The van der Waals surface area contributed by atoms with Gasteiger partial charge in [-0.25, -0.2) is 0 Å². The second kappa shape index (κ2) is 4.82. The molecule has 0 N–H and O–H groups in total. The van der Waals surface area contributed by atoms with E-state index >= 15 is 0 Å². The molecular formula is C16H14BrNO. The van der Waals surface area contributed by atoms with Gasteiger partial charge in [-0.15, -0.1) is 0 Å². The van der Waals surface area contributed by atoms with Crippen LogP contribution in [0.3, 0.4) is 0 Å². The Hall–Kier alpha value is -1.61. The van der Waals surface area contributed by atoms with Crippen molar-refractivity contribution in [3.8, 4) is 0 Å². The molecule has 0 saturated carbocycles. The number of hydrogen-bond donors (Lipinski definition) is 0. The van der Waals surface area contributed by atoms with Crippen molar-refractivity contribution < 1.29 is 4.79 Å². The molecule has 0 atom stereocenters. The fourth-order valence-electron chi connectivity index (χ4n) is 2.39. The third-order valence-corrected chi connectivity index (χ3v) is 4.40. The Kier molecular flexibility index (Phi) is 3.15. The van der Waals surface area contributed by atoms with Crippen molar-refractivity contribution in [3.05, 3.63) is 69.2 Å². The van der Waals surface area contributed by atoms with Gasteiger partial charge in [0.15, 0.2) is 0 Å². The van der Waals surface area contributed by atoms with Crippen molar-refractivity contribution in [1.29, 1.82) is 0 Å². The lowest BCUT2D eigenvalue weighted by atomic mass is 10.1. The van der Waals surface area contributed by atoms with Gasteiger partial charge in [-0.3, -0.25) is 4.79 Å². The average Bonchev–Trinajstić information content (AvgIpc) is 2.85. The normalized spacial score (nSPS) is 13.5. The first-order valence-corrected chi connectivity index (χ1v) is 7.06. The lowest BCUT2D eigenvalue weighted by molar-refractivity contribution is 0.0751. The Morgan fingerprint density at radius 3 is 2.32 bits per heavy atom. The van der Waals surface area contributed by atoms with Gasteiger partial charge in [-0.1, -0.05) is 46.3 Å². The SMILES string of the molecule is Cc1ccc(C(=O)N2Cc3ccccc3C2)cc1Br. The quantitative estimate of drug-likeness (QED) is 0.781. The number of fused-ring (bicyclic) bond motifs is 1. The highest BCUT2D eigenvalue weighted by atomic mass is 79.9. The lowest BCUT2D eigenvalue weighted by Gasteiger charge is -2.16. The molecule has 0 aliphatic carbocycles. The van der Waals surface area contributed by atoms with Crippen LogP contribution in [0.15, 0.2) is 46.9 Å². The first-order chi connectivity index (χ1) is 9.15. The zero-order valence-electron chi connectivity index (χ0n) is 10.7. The molecule has 3 heteroatoms. The Labute approximate surface area is 121 Å². The molecule has 1 aliphatic rings. The van der Waals surface area contributed by atoms with Crippen LogP contribution in [0.1, 0.15) is 27.0 Å². The van der Waals surface area contributed by atoms with Gasteiger partial charge in [-0.2, -0.15) is 0 Å². The van der Waals surface area contributed by atoms with E-state index in [-0.39, 0.29) is 5.91 Å². The molecule has 0 aromatic heterocycles. The van der Waals surface area contributed by atoms with E-state index in [9.17, 15) is 4.79 Å². The average molecular weight is 316 g/mol. The van der Waals surface area contributed by atoms with Crippen LogP contribution in [-0.2, 0) is 13.1 Å². The van der Waals surface area contributed by atoms with Crippen molar-refractivity contribution in [1.82, 2.24) is 4.90 Å². The Balaban J connectivity index is 1.85. The maximum Gasteiger partial charge on any atom is 0.254 e. The molecule has 2 aromatic carbocycles. The predicted octanol–water partition coefficient (Wildman–Crippen LogP) is 3.91. The van der Waals surface area contributed by atoms with Crippen molar-refractivity contribution in [2.75, 3.05) is 0 Å². The number of rotatable bonds is 1. The number of amides is 1. The van der Waals surface area contributed by atoms with E-state index < -0.39 is 0 Å². The Bertz CT molecular complexity index is 626. The van der Waals surface area contributed by atoms with Crippen molar-refractivity contribution in [2.24, 2.45) is 0 Å². The summed E-state index contributed by atoms with van der Waals surface area (Å²) >= 11 is 3.48. The van der Waals surface area contributed by atoms with Crippen LogP contribution in [0.2, 0.25) is 0 Å². The monoisotopic (exact) mass is 315 g/mol. The maximum absolute atomic E-state index is 12.5. The summed E-state index contributed by atoms with van der Waals surface area (Å²) < 4.78 is 0.982. The van der Waals surface area contributed by atoms with Gasteiger partial charge < -0.3 is 4.90 Å². The summed E-state index contributed by atoms with van der Waals surface area (Å²) in [5.41, 5.74) is 4.38. The highest BCUT2D eigenvalue weighted by Gasteiger charge is 2.23. The molecule has 1 aliphatic heterocycles. The van der Waals surface area contributed by atoms with Crippen LogP contribution in [-0.4, -0.2) is 10.8 Å². The molecule has 2 aromatic rings. The molecule has 0 spiro atoms. The molecule has 2 nitrogen and oxygen atoms in total. The minimum Gasteiger partial charge on any atom is -0.330 e. The highest BCUT2D eigenvalue weighted by molar-refractivity contribution is 9.10. The molecule has 3 rings (SSSR count). The molecular weight excluding hydrogens is 302 g/mol. The third kappa shape index (κ3) is 2.30. The molecule has 0 bridgehead atoms. The van der Waals surface area contributed by atoms with Crippen molar-refractivity contribution >= 4 is 21.8 Å². The minimum absolute atomic E-state index is 0.0944. The van der Waals surface area contributed by atoms with Crippen molar-refractivity contribution in [2.45, 2.75) is 20.0 Å². The standard InChI is InChI=1S/C16H14BrNO/c1-11-6-7-12(8-15(11)17)16(19)18-9-13-4-2-3-5-14(13)10-18/h2-8H,9-10H2,1H3. The zero-order chi connectivity index (χ0) is 13.4. The van der Waals surface area contributed by atoms with E-state index in [0.29, 0.717) is 13.1 Å². The van der Waals surface area contributed by atoms with Crippen LogP contribution in [0.5, 0.6) is 0 Å². The number of carbonyl (C=O) groups is 1. The summed E-state index contributed by atoms with van der Waals surface area (Å²) in [6.07, 6.45) is 0.